The minimum Gasteiger partial charge on any atom is -0.349 e. The molecule has 1 aliphatic rings. The molecule has 0 amide bonds. The zero-order chi connectivity index (χ0) is 19.8. The predicted octanol–water partition coefficient (Wildman–Crippen LogP) is 5.83. The fourth-order valence-electron chi connectivity index (χ4n) is 3.90. The Bertz CT molecular complexity index is 1040. The molecule has 0 saturated carbocycles. The summed E-state index contributed by atoms with van der Waals surface area (Å²) in [6.07, 6.45) is 1.00. The van der Waals surface area contributed by atoms with Crippen LogP contribution in [-0.2, 0) is 6.42 Å². The van der Waals surface area contributed by atoms with Gasteiger partial charge in [-0.2, -0.15) is 4.98 Å². The van der Waals surface area contributed by atoms with Crippen molar-refractivity contribution in [3.05, 3.63) is 76.2 Å². The van der Waals surface area contributed by atoms with Gasteiger partial charge >= 0.3 is 0 Å². The first-order valence-corrected chi connectivity index (χ1v) is 9.67. The Kier molecular flexibility index (Phi) is 6.08. The van der Waals surface area contributed by atoms with E-state index in [9.17, 15) is 4.39 Å². The van der Waals surface area contributed by atoms with Crippen LogP contribution < -0.4 is 10.2 Å². The summed E-state index contributed by atoms with van der Waals surface area (Å²) in [6.45, 7) is 9.10. The third-order valence-corrected chi connectivity index (χ3v) is 5.67. The Morgan fingerprint density at radius 3 is 2.59 bits per heavy atom. The quantitative estimate of drug-likeness (QED) is 0.587. The van der Waals surface area contributed by atoms with E-state index in [4.69, 9.17) is 4.98 Å². The molecule has 0 unspecified atom stereocenters. The number of halogens is 2. The molecule has 152 valence electrons. The molecule has 0 spiro atoms. The van der Waals surface area contributed by atoms with E-state index in [2.05, 4.69) is 53.3 Å². The van der Waals surface area contributed by atoms with Crippen molar-refractivity contribution in [2.24, 2.45) is 0 Å². The van der Waals surface area contributed by atoms with Gasteiger partial charge in [-0.05, 0) is 69.0 Å². The van der Waals surface area contributed by atoms with Crippen LogP contribution in [-0.4, -0.2) is 16.5 Å². The molecular weight excluding hydrogens is 387 g/mol. The van der Waals surface area contributed by atoms with Gasteiger partial charge in [0.05, 0.1) is 6.04 Å². The maximum absolute atomic E-state index is 13.4. The summed E-state index contributed by atoms with van der Waals surface area (Å²) in [5.41, 5.74) is 6.44. The fourth-order valence-corrected chi connectivity index (χ4v) is 3.90. The Morgan fingerprint density at radius 1 is 1.07 bits per heavy atom. The van der Waals surface area contributed by atoms with Gasteiger partial charge in [0.15, 0.2) is 0 Å². The molecule has 0 bridgehead atoms. The van der Waals surface area contributed by atoms with Gasteiger partial charge < -0.3 is 10.2 Å². The van der Waals surface area contributed by atoms with E-state index in [1.54, 1.807) is 6.07 Å². The number of hydrogen-bond acceptors (Lipinski definition) is 4. The van der Waals surface area contributed by atoms with Gasteiger partial charge in [0.1, 0.15) is 11.6 Å². The summed E-state index contributed by atoms with van der Waals surface area (Å²) in [5, 5.41) is 3.27. The van der Waals surface area contributed by atoms with Crippen LogP contribution in [0.5, 0.6) is 0 Å². The van der Waals surface area contributed by atoms with Gasteiger partial charge in [-0.15, -0.1) is 12.4 Å². The van der Waals surface area contributed by atoms with Gasteiger partial charge in [0.2, 0.25) is 5.95 Å². The highest BCUT2D eigenvalue weighted by atomic mass is 35.5. The van der Waals surface area contributed by atoms with E-state index in [-0.39, 0.29) is 24.3 Å². The standard InChI is InChI=1S/C23H25FN4.ClH/c1-14-13-19(24)9-10-21(14)26-23-25-16(3)15(2)22(27-23)28-12-11-18-7-5-6-8-20(18)17(28)4;/h5-10,13,17H,11-12H2,1-4H3,(H,25,26,27);1H/t17-;/m0./s1. The van der Waals surface area contributed by atoms with Crippen molar-refractivity contribution < 1.29 is 4.39 Å². The maximum Gasteiger partial charge on any atom is 0.229 e. The largest absolute Gasteiger partial charge is 0.349 e. The molecule has 0 saturated heterocycles. The molecule has 2 heterocycles. The normalized spacial score (nSPS) is 15.5. The lowest BCUT2D eigenvalue weighted by molar-refractivity contribution is 0.614. The SMILES string of the molecule is Cc1cc(F)ccc1Nc1nc(C)c(C)c(N2CCc3ccccc3[C@@H]2C)n1.Cl. The minimum absolute atomic E-state index is 0. The molecule has 4 nitrogen and oxygen atoms in total. The van der Waals surface area contributed by atoms with Gasteiger partial charge in [-0.1, -0.05) is 24.3 Å². The van der Waals surface area contributed by atoms with Crippen LogP contribution in [0.25, 0.3) is 0 Å². The number of aromatic nitrogens is 2. The van der Waals surface area contributed by atoms with Crippen LogP contribution in [0.15, 0.2) is 42.5 Å². The zero-order valence-electron chi connectivity index (χ0n) is 17.2. The molecule has 0 fully saturated rings. The molecule has 1 aromatic heterocycles. The lowest BCUT2D eigenvalue weighted by Gasteiger charge is -2.37. The van der Waals surface area contributed by atoms with Crippen molar-refractivity contribution in [2.75, 3.05) is 16.8 Å². The number of anilines is 3. The highest BCUT2D eigenvalue weighted by Gasteiger charge is 2.26. The predicted molar refractivity (Wildman–Crippen MR) is 119 cm³/mol. The smallest absolute Gasteiger partial charge is 0.229 e. The molecule has 0 aliphatic carbocycles. The Balaban J connectivity index is 0.00000240. The number of hydrogen-bond donors (Lipinski definition) is 1. The summed E-state index contributed by atoms with van der Waals surface area (Å²) in [7, 11) is 0. The lowest BCUT2D eigenvalue weighted by Crippen LogP contribution is -2.35. The van der Waals surface area contributed by atoms with Crippen molar-refractivity contribution in [1.29, 1.82) is 0 Å². The molecule has 1 atom stereocenters. The third kappa shape index (κ3) is 4.06. The number of nitrogens with one attached hydrogen (secondary N) is 1. The van der Waals surface area contributed by atoms with Crippen LogP contribution in [0.3, 0.4) is 0 Å². The van der Waals surface area contributed by atoms with E-state index in [1.807, 2.05) is 13.8 Å². The molecule has 29 heavy (non-hydrogen) atoms. The zero-order valence-corrected chi connectivity index (χ0v) is 18.0. The van der Waals surface area contributed by atoms with Crippen molar-refractivity contribution in [1.82, 2.24) is 9.97 Å². The molecule has 3 aromatic rings. The molecule has 4 rings (SSSR count). The van der Waals surface area contributed by atoms with E-state index >= 15 is 0 Å². The van der Waals surface area contributed by atoms with Gasteiger partial charge in [0, 0.05) is 23.5 Å². The average molecular weight is 413 g/mol. The first-order valence-electron chi connectivity index (χ1n) is 9.67. The number of benzene rings is 2. The van der Waals surface area contributed by atoms with E-state index in [0.717, 1.165) is 41.3 Å². The fraction of sp³-hybridized carbons (Fsp3) is 0.304. The second kappa shape index (κ2) is 8.37. The summed E-state index contributed by atoms with van der Waals surface area (Å²) in [6, 6.07) is 13.5. The van der Waals surface area contributed by atoms with Crippen LogP contribution in [0.2, 0.25) is 0 Å². The van der Waals surface area contributed by atoms with Gasteiger partial charge in [0.25, 0.3) is 0 Å². The van der Waals surface area contributed by atoms with E-state index in [1.165, 1.54) is 23.3 Å². The molecule has 1 aliphatic heterocycles. The molecule has 6 heteroatoms. The van der Waals surface area contributed by atoms with Gasteiger partial charge in [-0.25, -0.2) is 9.37 Å². The van der Waals surface area contributed by atoms with Crippen LogP contribution in [0, 0.1) is 26.6 Å². The second-order valence-corrected chi connectivity index (χ2v) is 7.48. The summed E-state index contributed by atoms with van der Waals surface area (Å²) < 4.78 is 13.4. The van der Waals surface area contributed by atoms with Crippen LogP contribution in [0.4, 0.5) is 21.8 Å². The lowest BCUT2D eigenvalue weighted by atomic mass is 9.93. The van der Waals surface area contributed by atoms with E-state index < -0.39 is 0 Å². The summed E-state index contributed by atoms with van der Waals surface area (Å²) in [5.74, 6) is 1.25. The second-order valence-electron chi connectivity index (χ2n) is 7.48. The minimum atomic E-state index is -0.245. The first kappa shape index (κ1) is 21.1. The van der Waals surface area contributed by atoms with E-state index in [0.29, 0.717) is 5.95 Å². The highest BCUT2D eigenvalue weighted by Crippen LogP contribution is 2.35. The summed E-state index contributed by atoms with van der Waals surface area (Å²) in [4.78, 5) is 11.8. The van der Waals surface area contributed by atoms with Gasteiger partial charge in [-0.3, -0.25) is 0 Å². The van der Waals surface area contributed by atoms with Crippen molar-refractivity contribution in [3.8, 4) is 0 Å². The molecule has 0 radical (unpaired) electrons. The van der Waals surface area contributed by atoms with Crippen LogP contribution >= 0.6 is 12.4 Å². The average Bonchev–Trinajstić information content (AvgIpc) is 2.67. The molecular formula is C23H26ClFN4. The summed E-state index contributed by atoms with van der Waals surface area (Å²) >= 11 is 0. The molecule has 1 N–H and O–H groups in total. The number of nitrogens with zero attached hydrogens (tertiary/aromatic N) is 3. The monoisotopic (exact) mass is 412 g/mol. The van der Waals surface area contributed by atoms with Crippen molar-refractivity contribution in [2.45, 2.75) is 40.2 Å². The number of rotatable bonds is 3. The number of aryl methyl sites for hydroxylation is 2. The first-order chi connectivity index (χ1) is 13.4. The number of fused-ring (bicyclic) bond motifs is 1. The van der Waals surface area contributed by atoms with Crippen LogP contribution in [0.1, 0.15) is 40.9 Å². The topological polar surface area (TPSA) is 41.1 Å². The van der Waals surface area contributed by atoms with Crippen molar-refractivity contribution >= 4 is 29.9 Å². The molecule has 2 aromatic carbocycles. The maximum atomic E-state index is 13.4. The Hall–Kier alpha value is -2.66. The highest BCUT2D eigenvalue weighted by molar-refractivity contribution is 5.85. The Labute approximate surface area is 177 Å². The Morgan fingerprint density at radius 2 is 1.83 bits per heavy atom. The third-order valence-electron chi connectivity index (χ3n) is 5.67. The van der Waals surface area contributed by atoms with Crippen molar-refractivity contribution in [3.63, 3.8) is 0 Å².